The maximum absolute atomic E-state index is 10.2. The van der Waals surface area contributed by atoms with E-state index < -0.39 is 5.97 Å². The van der Waals surface area contributed by atoms with E-state index in [0.717, 1.165) is 18.3 Å². The Bertz CT molecular complexity index is 340. The second-order valence-corrected chi connectivity index (χ2v) is 5.39. The zero-order valence-electron chi connectivity index (χ0n) is 10.5. The fourth-order valence-electron chi connectivity index (χ4n) is 2.15. The molecule has 0 saturated heterocycles. The van der Waals surface area contributed by atoms with Crippen molar-refractivity contribution >= 4 is 23.6 Å². The molecule has 100 valence electrons. The summed E-state index contributed by atoms with van der Waals surface area (Å²) in [6, 6.07) is 1.79. The summed E-state index contributed by atoms with van der Waals surface area (Å²) < 4.78 is 0. The first kappa shape index (κ1) is 14.9. The van der Waals surface area contributed by atoms with Crippen molar-refractivity contribution in [1.82, 2.24) is 0 Å². The van der Waals surface area contributed by atoms with E-state index in [0.29, 0.717) is 12.3 Å². The van der Waals surface area contributed by atoms with Gasteiger partial charge in [0.05, 0.1) is 0 Å². The normalized spacial score (nSPS) is 15.6. The minimum Gasteiger partial charge on any atom is -0.481 e. The van der Waals surface area contributed by atoms with E-state index in [4.69, 9.17) is 5.11 Å². The molecule has 0 atom stereocenters. The van der Waals surface area contributed by atoms with E-state index in [2.05, 4.69) is 0 Å². The van der Waals surface area contributed by atoms with E-state index in [1.807, 2.05) is 10.8 Å². The minimum atomic E-state index is -0.643. The number of carbonyl (C=O) groups is 2. The highest BCUT2D eigenvalue weighted by Crippen LogP contribution is 2.26. The minimum absolute atomic E-state index is 0.366. The van der Waals surface area contributed by atoms with Gasteiger partial charge in [0.25, 0.3) is 0 Å². The van der Waals surface area contributed by atoms with Gasteiger partial charge in [0, 0.05) is 17.4 Å². The van der Waals surface area contributed by atoms with Crippen LogP contribution in [0, 0.1) is 5.92 Å². The van der Waals surface area contributed by atoms with Gasteiger partial charge in [-0.3, -0.25) is 9.59 Å². The molecule has 0 bridgehead atoms. The van der Waals surface area contributed by atoms with Crippen LogP contribution in [-0.2, 0) is 4.79 Å². The van der Waals surface area contributed by atoms with Crippen LogP contribution in [-0.4, -0.2) is 17.4 Å². The highest BCUT2D eigenvalue weighted by molar-refractivity contribution is 7.08. The summed E-state index contributed by atoms with van der Waals surface area (Å²) in [4.78, 5) is 20.1. The van der Waals surface area contributed by atoms with Gasteiger partial charge in [0.2, 0.25) is 0 Å². The Hall–Kier alpha value is -1.16. The number of aldehydes is 1. The number of rotatable bonds is 4. The summed E-state index contributed by atoms with van der Waals surface area (Å²) in [6.45, 7) is 0. The summed E-state index contributed by atoms with van der Waals surface area (Å²) in [6.07, 6.45) is 8.59. The maximum atomic E-state index is 10.2. The van der Waals surface area contributed by atoms with Crippen LogP contribution in [0.4, 0.5) is 0 Å². The Morgan fingerprint density at radius 2 is 2.11 bits per heavy atom. The van der Waals surface area contributed by atoms with Crippen molar-refractivity contribution in [2.75, 3.05) is 0 Å². The number of aliphatic carboxylic acids is 1. The second kappa shape index (κ2) is 8.86. The van der Waals surface area contributed by atoms with Crippen LogP contribution in [0.2, 0.25) is 0 Å². The lowest BCUT2D eigenvalue weighted by molar-refractivity contribution is -0.137. The maximum Gasteiger partial charge on any atom is 0.303 e. The highest BCUT2D eigenvalue weighted by atomic mass is 32.1. The average molecular weight is 268 g/mol. The molecule has 0 aromatic carbocycles. The number of carboxylic acid groups (broad SMARTS) is 1. The molecule has 0 aliphatic heterocycles. The molecule has 3 nitrogen and oxygen atoms in total. The Kier molecular flexibility index (Phi) is 7.34. The second-order valence-electron chi connectivity index (χ2n) is 4.61. The van der Waals surface area contributed by atoms with E-state index in [1.165, 1.54) is 43.4 Å². The lowest BCUT2D eigenvalue weighted by Gasteiger charge is -2.20. The Labute approximate surface area is 112 Å². The zero-order valence-corrected chi connectivity index (χ0v) is 11.3. The van der Waals surface area contributed by atoms with E-state index >= 15 is 0 Å². The summed E-state index contributed by atoms with van der Waals surface area (Å²) in [5, 5.41) is 12.1. The molecule has 1 heterocycles. The first-order chi connectivity index (χ1) is 8.72. The molecule has 1 fully saturated rings. The quantitative estimate of drug-likeness (QED) is 0.840. The summed E-state index contributed by atoms with van der Waals surface area (Å²) >= 11 is 1.53. The molecule has 0 unspecified atom stereocenters. The van der Waals surface area contributed by atoms with Gasteiger partial charge in [0.1, 0.15) is 0 Å². The van der Waals surface area contributed by atoms with Crippen LogP contribution in [0.3, 0.4) is 0 Å². The SMILES string of the molecule is O=C(O)CCC1CCCCC1.O=Cc1ccsc1. The number of thiophene rings is 1. The molecule has 2 rings (SSSR count). The van der Waals surface area contributed by atoms with E-state index in [1.54, 1.807) is 6.07 Å². The van der Waals surface area contributed by atoms with Gasteiger partial charge in [-0.25, -0.2) is 0 Å². The number of hydrogen-bond acceptors (Lipinski definition) is 3. The number of carboxylic acids is 1. The molecule has 1 aromatic rings. The first-order valence-electron chi connectivity index (χ1n) is 6.41. The molecular weight excluding hydrogens is 248 g/mol. The van der Waals surface area contributed by atoms with Crippen molar-refractivity contribution in [1.29, 1.82) is 0 Å². The molecule has 0 radical (unpaired) electrons. The fraction of sp³-hybridized carbons (Fsp3) is 0.571. The van der Waals surface area contributed by atoms with Gasteiger partial charge in [0.15, 0.2) is 6.29 Å². The van der Waals surface area contributed by atoms with Crippen molar-refractivity contribution in [2.45, 2.75) is 44.9 Å². The predicted octanol–water partition coefficient (Wildman–Crippen LogP) is 3.99. The summed E-state index contributed by atoms with van der Waals surface area (Å²) in [7, 11) is 0. The molecular formula is C14H20O3S. The van der Waals surface area contributed by atoms with E-state index in [-0.39, 0.29) is 0 Å². The lowest BCUT2D eigenvalue weighted by atomic mass is 9.86. The van der Waals surface area contributed by atoms with E-state index in [9.17, 15) is 9.59 Å². The standard InChI is InChI=1S/C9H16O2.C5H4OS/c10-9(11)7-6-8-4-2-1-3-5-8;6-3-5-1-2-7-4-5/h8H,1-7H2,(H,10,11);1-4H. The topological polar surface area (TPSA) is 54.4 Å². The van der Waals surface area contributed by atoms with Gasteiger partial charge in [-0.05, 0) is 23.8 Å². The van der Waals surface area contributed by atoms with Gasteiger partial charge >= 0.3 is 5.97 Å². The highest BCUT2D eigenvalue weighted by Gasteiger charge is 2.13. The van der Waals surface area contributed by atoms with Crippen molar-refractivity contribution in [3.8, 4) is 0 Å². The van der Waals surface area contributed by atoms with Crippen LogP contribution in [0.1, 0.15) is 55.3 Å². The molecule has 4 heteroatoms. The molecule has 1 saturated carbocycles. The van der Waals surface area contributed by atoms with Crippen molar-refractivity contribution in [2.24, 2.45) is 5.92 Å². The monoisotopic (exact) mass is 268 g/mol. The van der Waals surface area contributed by atoms with Crippen molar-refractivity contribution in [3.63, 3.8) is 0 Å². The third-order valence-corrected chi connectivity index (χ3v) is 3.87. The van der Waals surface area contributed by atoms with Gasteiger partial charge < -0.3 is 5.11 Å². The Balaban J connectivity index is 0.000000199. The Morgan fingerprint density at radius 3 is 2.56 bits per heavy atom. The molecule has 1 aliphatic rings. The number of carbonyl (C=O) groups excluding carboxylic acids is 1. The third-order valence-electron chi connectivity index (χ3n) is 3.17. The molecule has 18 heavy (non-hydrogen) atoms. The number of hydrogen-bond donors (Lipinski definition) is 1. The van der Waals surface area contributed by atoms with Crippen molar-refractivity contribution < 1.29 is 14.7 Å². The predicted molar refractivity (Wildman–Crippen MR) is 73.2 cm³/mol. The Morgan fingerprint density at radius 1 is 1.39 bits per heavy atom. The molecule has 0 spiro atoms. The molecule has 0 amide bonds. The van der Waals surface area contributed by atoms with Crippen LogP contribution in [0.15, 0.2) is 16.8 Å². The van der Waals surface area contributed by atoms with Crippen LogP contribution in [0.5, 0.6) is 0 Å². The molecule has 1 N–H and O–H groups in total. The van der Waals surface area contributed by atoms with Gasteiger partial charge in [-0.15, -0.1) is 0 Å². The summed E-state index contributed by atoms with van der Waals surface area (Å²) in [5.41, 5.74) is 0.769. The average Bonchev–Trinajstić information content (AvgIpc) is 2.91. The summed E-state index contributed by atoms with van der Waals surface area (Å²) in [5.74, 6) is 0.0652. The first-order valence-corrected chi connectivity index (χ1v) is 7.36. The third kappa shape index (κ3) is 6.55. The lowest BCUT2D eigenvalue weighted by Crippen LogP contribution is -2.08. The van der Waals surface area contributed by atoms with Crippen LogP contribution >= 0.6 is 11.3 Å². The largest absolute Gasteiger partial charge is 0.481 e. The smallest absolute Gasteiger partial charge is 0.303 e. The van der Waals surface area contributed by atoms with Crippen LogP contribution < -0.4 is 0 Å². The molecule has 1 aliphatic carbocycles. The van der Waals surface area contributed by atoms with Gasteiger partial charge in [-0.1, -0.05) is 32.1 Å². The van der Waals surface area contributed by atoms with Gasteiger partial charge in [-0.2, -0.15) is 11.3 Å². The zero-order chi connectivity index (χ0) is 13.2. The fourth-order valence-corrected chi connectivity index (χ4v) is 2.75. The molecule has 1 aromatic heterocycles. The van der Waals surface area contributed by atoms with Crippen LogP contribution in [0.25, 0.3) is 0 Å². The van der Waals surface area contributed by atoms with Crippen molar-refractivity contribution in [3.05, 3.63) is 22.4 Å².